The highest BCUT2D eigenvalue weighted by atomic mass is 16.7. The molecule has 2 atom stereocenters. The van der Waals surface area contributed by atoms with Crippen LogP contribution in [0.15, 0.2) is 12.1 Å². The number of aliphatic hydroxyl groups excluding tert-OH is 1. The second kappa shape index (κ2) is 7.37. The summed E-state index contributed by atoms with van der Waals surface area (Å²) in [6.45, 7) is 2.28. The molecule has 8 heteroatoms. The van der Waals surface area contributed by atoms with Gasteiger partial charge in [-0.2, -0.15) is 0 Å². The predicted molar refractivity (Wildman–Crippen MR) is 94.7 cm³/mol. The fourth-order valence-electron chi connectivity index (χ4n) is 4.20. The maximum absolute atomic E-state index is 12.7. The number of nitrogens with zero attached hydrogens (tertiary/aromatic N) is 1. The molecule has 1 aromatic carbocycles. The number of rotatable bonds is 5. The number of carbonyl (C=O) groups is 1. The number of aliphatic hydroxyl groups is 4. The molecule has 0 radical (unpaired) electrons. The third-order valence-corrected chi connectivity index (χ3v) is 5.40. The number of fused-ring (bicyclic) bond motifs is 3. The van der Waals surface area contributed by atoms with Crippen molar-refractivity contribution in [1.82, 2.24) is 4.90 Å². The van der Waals surface area contributed by atoms with Crippen LogP contribution in [0.25, 0.3) is 0 Å². The Bertz CT molecular complexity index is 716. The van der Waals surface area contributed by atoms with E-state index in [4.69, 9.17) is 19.7 Å². The van der Waals surface area contributed by atoms with Gasteiger partial charge in [0.1, 0.15) is 5.78 Å². The second-order valence-electron chi connectivity index (χ2n) is 7.65. The topological polar surface area (TPSA) is 120 Å². The molecule has 2 aliphatic rings. The van der Waals surface area contributed by atoms with Gasteiger partial charge in [-0.15, -0.1) is 0 Å². The van der Waals surface area contributed by atoms with Gasteiger partial charge in [-0.05, 0) is 42.0 Å². The number of hydrogen-bond acceptors (Lipinski definition) is 8. The van der Waals surface area contributed by atoms with Gasteiger partial charge in [-0.3, -0.25) is 4.79 Å². The summed E-state index contributed by atoms with van der Waals surface area (Å²) in [5.74, 6) is -2.60. The normalized spacial score (nSPS) is 24.7. The number of ether oxygens (including phenoxy) is 2. The standard InChI is InChI=1S/C19H27NO7/c1-10(2)6-13-15(21)9-14-12-8-16(26-3)17(27-18(22)23)7-11(12)4-5-20(14)19(13,24)25/h7-8,10,13-14,18,22-25H,4-6,9H2,1-3H3. The molecule has 1 saturated heterocycles. The Hall–Kier alpha value is -1.71. The zero-order chi connectivity index (χ0) is 19.9. The van der Waals surface area contributed by atoms with Crippen LogP contribution in [-0.4, -0.2) is 57.2 Å². The molecule has 1 fully saturated rings. The van der Waals surface area contributed by atoms with Crippen LogP contribution in [0.4, 0.5) is 0 Å². The van der Waals surface area contributed by atoms with E-state index in [0.29, 0.717) is 19.4 Å². The molecule has 0 spiro atoms. The Morgan fingerprint density at radius 2 is 1.96 bits per heavy atom. The molecule has 4 N–H and O–H groups in total. The van der Waals surface area contributed by atoms with Crippen LogP contribution >= 0.6 is 0 Å². The lowest BCUT2D eigenvalue weighted by atomic mass is 9.77. The van der Waals surface area contributed by atoms with Crippen molar-refractivity contribution in [2.45, 2.75) is 51.5 Å². The Balaban J connectivity index is 1.98. The van der Waals surface area contributed by atoms with Gasteiger partial charge >= 0.3 is 6.48 Å². The van der Waals surface area contributed by atoms with E-state index in [1.807, 2.05) is 13.8 Å². The minimum absolute atomic E-state index is 0.163. The summed E-state index contributed by atoms with van der Waals surface area (Å²) in [6, 6.07) is 2.82. The lowest BCUT2D eigenvalue weighted by Crippen LogP contribution is -2.63. The van der Waals surface area contributed by atoms with Crippen LogP contribution in [0.2, 0.25) is 0 Å². The van der Waals surface area contributed by atoms with Crippen LogP contribution in [-0.2, 0) is 11.2 Å². The van der Waals surface area contributed by atoms with Gasteiger partial charge in [0.2, 0.25) is 5.91 Å². The number of Topliss-reactive ketones (excluding diaryl/α,β-unsaturated/α-hetero) is 1. The first-order chi connectivity index (χ1) is 12.6. The molecule has 2 heterocycles. The van der Waals surface area contributed by atoms with Crippen LogP contribution < -0.4 is 9.47 Å². The maximum atomic E-state index is 12.7. The molecule has 0 aromatic heterocycles. The summed E-state index contributed by atoms with van der Waals surface area (Å²) in [7, 11) is 1.42. The van der Waals surface area contributed by atoms with Crippen LogP contribution in [0.1, 0.15) is 43.9 Å². The van der Waals surface area contributed by atoms with Crippen molar-refractivity contribution in [2.24, 2.45) is 11.8 Å². The lowest BCUT2D eigenvalue weighted by Gasteiger charge is -2.51. The Labute approximate surface area is 157 Å². The zero-order valence-corrected chi connectivity index (χ0v) is 15.8. The smallest absolute Gasteiger partial charge is 0.310 e. The van der Waals surface area contributed by atoms with Crippen LogP contribution in [0, 0.1) is 11.8 Å². The third kappa shape index (κ3) is 3.68. The minimum Gasteiger partial charge on any atom is -0.493 e. The first-order valence-electron chi connectivity index (χ1n) is 9.13. The predicted octanol–water partition coefficient (Wildman–Crippen LogP) is 0.515. The molecular formula is C19H27NO7. The highest BCUT2D eigenvalue weighted by Crippen LogP contribution is 2.47. The number of piperidine rings is 1. The van der Waals surface area contributed by atoms with Gasteiger partial charge in [0.25, 0.3) is 0 Å². The zero-order valence-electron chi connectivity index (χ0n) is 15.8. The summed E-state index contributed by atoms with van der Waals surface area (Å²) < 4.78 is 10.2. The van der Waals surface area contributed by atoms with E-state index in [-0.39, 0.29) is 29.6 Å². The third-order valence-electron chi connectivity index (χ3n) is 5.40. The first kappa shape index (κ1) is 20.0. The van der Waals surface area contributed by atoms with Crippen LogP contribution in [0.5, 0.6) is 11.5 Å². The van der Waals surface area contributed by atoms with Crippen molar-refractivity contribution >= 4 is 5.78 Å². The fraction of sp³-hybridized carbons (Fsp3) is 0.632. The fourth-order valence-corrected chi connectivity index (χ4v) is 4.20. The molecule has 0 amide bonds. The molecule has 27 heavy (non-hydrogen) atoms. The number of hydrogen-bond donors (Lipinski definition) is 4. The summed E-state index contributed by atoms with van der Waals surface area (Å²) in [5.41, 5.74) is 1.60. The minimum atomic E-state index is -2.20. The van der Waals surface area contributed by atoms with E-state index >= 15 is 0 Å². The number of carbonyl (C=O) groups excluding carboxylic acids is 1. The Morgan fingerprint density at radius 1 is 1.26 bits per heavy atom. The van der Waals surface area contributed by atoms with Gasteiger partial charge in [0.15, 0.2) is 11.5 Å². The number of methoxy groups -OCH3 is 1. The van der Waals surface area contributed by atoms with Crippen molar-refractivity contribution in [3.05, 3.63) is 23.3 Å². The summed E-state index contributed by atoms with van der Waals surface area (Å²) in [4.78, 5) is 14.3. The van der Waals surface area contributed by atoms with E-state index in [1.54, 1.807) is 17.0 Å². The quantitative estimate of drug-likeness (QED) is 0.545. The van der Waals surface area contributed by atoms with E-state index in [0.717, 1.165) is 11.1 Å². The Morgan fingerprint density at radius 3 is 2.56 bits per heavy atom. The monoisotopic (exact) mass is 381 g/mol. The van der Waals surface area contributed by atoms with Crippen molar-refractivity contribution in [2.75, 3.05) is 13.7 Å². The van der Waals surface area contributed by atoms with E-state index in [9.17, 15) is 15.0 Å². The summed E-state index contributed by atoms with van der Waals surface area (Å²) >= 11 is 0. The Kier molecular flexibility index (Phi) is 5.47. The van der Waals surface area contributed by atoms with Crippen molar-refractivity contribution in [3.8, 4) is 11.5 Å². The van der Waals surface area contributed by atoms with E-state index in [1.165, 1.54) is 7.11 Å². The molecule has 1 aromatic rings. The molecular weight excluding hydrogens is 354 g/mol. The van der Waals surface area contributed by atoms with Gasteiger partial charge in [0, 0.05) is 19.0 Å². The first-order valence-corrected chi connectivity index (χ1v) is 9.13. The molecule has 2 aliphatic heterocycles. The largest absolute Gasteiger partial charge is 0.493 e. The molecule has 0 saturated carbocycles. The van der Waals surface area contributed by atoms with E-state index in [2.05, 4.69) is 0 Å². The summed E-state index contributed by atoms with van der Waals surface area (Å²) in [6.07, 6.45) is 1.09. The van der Waals surface area contributed by atoms with Gasteiger partial charge in [-0.1, -0.05) is 13.8 Å². The number of ketones is 1. The molecule has 0 aliphatic carbocycles. The van der Waals surface area contributed by atoms with Crippen molar-refractivity contribution < 1.29 is 34.7 Å². The molecule has 150 valence electrons. The van der Waals surface area contributed by atoms with Crippen molar-refractivity contribution in [1.29, 1.82) is 0 Å². The lowest BCUT2D eigenvalue weighted by molar-refractivity contribution is -0.313. The average Bonchev–Trinajstić information content (AvgIpc) is 2.57. The van der Waals surface area contributed by atoms with Crippen molar-refractivity contribution in [3.63, 3.8) is 0 Å². The molecule has 8 nitrogen and oxygen atoms in total. The highest BCUT2D eigenvalue weighted by molar-refractivity contribution is 5.84. The average molecular weight is 381 g/mol. The maximum Gasteiger partial charge on any atom is 0.310 e. The SMILES string of the molecule is COc1cc2c(cc1OC(O)O)CCN1C2CC(=O)C(CC(C)C)C1(O)O. The van der Waals surface area contributed by atoms with Gasteiger partial charge < -0.3 is 29.9 Å². The van der Waals surface area contributed by atoms with Gasteiger partial charge in [-0.25, -0.2) is 4.90 Å². The van der Waals surface area contributed by atoms with Gasteiger partial charge in [0.05, 0.1) is 13.0 Å². The number of benzene rings is 1. The second-order valence-corrected chi connectivity index (χ2v) is 7.65. The van der Waals surface area contributed by atoms with Crippen LogP contribution in [0.3, 0.4) is 0 Å². The molecule has 2 unspecified atom stereocenters. The molecule has 3 rings (SSSR count). The van der Waals surface area contributed by atoms with E-state index < -0.39 is 24.3 Å². The summed E-state index contributed by atoms with van der Waals surface area (Å²) in [5, 5.41) is 39.8. The highest BCUT2D eigenvalue weighted by Gasteiger charge is 2.53. The molecule has 0 bridgehead atoms.